The van der Waals surface area contributed by atoms with Gasteiger partial charge in [0.2, 0.25) is 0 Å². The summed E-state index contributed by atoms with van der Waals surface area (Å²) < 4.78 is 17.5. The maximum absolute atomic E-state index is 13.9. The number of hydrogen-bond acceptors (Lipinski definition) is 1. The van der Waals surface area contributed by atoms with Gasteiger partial charge in [-0.05, 0) is 56.1 Å². The van der Waals surface area contributed by atoms with E-state index < -0.39 is 0 Å². The summed E-state index contributed by atoms with van der Waals surface area (Å²) >= 11 is 13.0. The number of alkyl halides is 1. The molecule has 0 aliphatic rings. The standard InChI is InChI=1S/C14H8Br2ClFN2/c15-8-3-1-4-9(16)14(8)20-11-6-2-5-10(18)13(11)19-12(20)7-17/h1-6H,7H2. The summed E-state index contributed by atoms with van der Waals surface area (Å²) in [6.07, 6.45) is 0. The molecule has 0 bridgehead atoms. The Morgan fingerprint density at radius 1 is 1.10 bits per heavy atom. The molecule has 3 aromatic rings. The minimum Gasteiger partial charge on any atom is -0.293 e. The SMILES string of the molecule is Fc1cccc2c1nc(CCl)n2-c1c(Br)cccc1Br. The van der Waals surface area contributed by atoms with Crippen LogP contribution in [0.25, 0.3) is 16.7 Å². The fourth-order valence-electron chi connectivity index (χ4n) is 2.15. The van der Waals surface area contributed by atoms with Gasteiger partial charge >= 0.3 is 0 Å². The lowest BCUT2D eigenvalue weighted by molar-refractivity contribution is 0.637. The van der Waals surface area contributed by atoms with Crippen molar-refractivity contribution in [1.82, 2.24) is 9.55 Å². The first-order valence-corrected chi connectivity index (χ1v) is 7.91. The highest BCUT2D eigenvalue weighted by Gasteiger charge is 2.17. The zero-order valence-electron chi connectivity index (χ0n) is 10.1. The van der Waals surface area contributed by atoms with Crippen molar-refractivity contribution >= 4 is 54.5 Å². The maximum Gasteiger partial charge on any atom is 0.151 e. The summed E-state index contributed by atoms with van der Waals surface area (Å²) in [6, 6.07) is 10.6. The van der Waals surface area contributed by atoms with Crippen LogP contribution in [0.2, 0.25) is 0 Å². The Labute approximate surface area is 136 Å². The minimum atomic E-state index is -0.351. The number of imidazole rings is 1. The molecule has 0 N–H and O–H groups in total. The lowest BCUT2D eigenvalue weighted by Crippen LogP contribution is -2.01. The van der Waals surface area contributed by atoms with E-state index >= 15 is 0 Å². The van der Waals surface area contributed by atoms with E-state index in [1.165, 1.54) is 6.07 Å². The summed E-state index contributed by atoms with van der Waals surface area (Å²) in [7, 11) is 0. The van der Waals surface area contributed by atoms with E-state index in [1.54, 1.807) is 6.07 Å². The molecule has 6 heteroatoms. The Kier molecular flexibility index (Phi) is 3.84. The first-order valence-electron chi connectivity index (χ1n) is 5.79. The van der Waals surface area contributed by atoms with E-state index in [2.05, 4.69) is 36.8 Å². The van der Waals surface area contributed by atoms with Gasteiger partial charge in [-0.3, -0.25) is 4.57 Å². The van der Waals surface area contributed by atoms with Crippen LogP contribution < -0.4 is 0 Å². The average molecular weight is 418 g/mol. The fraction of sp³-hybridized carbons (Fsp3) is 0.0714. The molecule has 2 nitrogen and oxygen atoms in total. The Balaban J connectivity index is 2.44. The van der Waals surface area contributed by atoms with Crippen molar-refractivity contribution in [2.24, 2.45) is 0 Å². The summed E-state index contributed by atoms with van der Waals surface area (Å²) in [6.45, 7) is 0. The number of para-hydroxylation sites is 2. The molecular weight excluding hydrogens is 410 g/mol. The fourth-order valence-corrected chi connectivity index (χ4v) is 3.69. The van der Waals surface area contributed by atoms with Crippen LogP contribution in [0.3, 0.4) is 0 Å². The molecule has 0 fully saturated rings. The molecule has 0 aliphatic heterocycles. The average Bonchev–Trinajstić information content (AvgIpc) is 2.79. The number of halogens is 4. The van der Waals surface area contributed by atoms with Crippen molar-refractivity contribution in [3.8, 4) is 5.69 Å². The van der Waals surface area contributed by atoms with E-state index in [9.17, 15) is 4.39 Å². The summed E-state index contributed by atoms with van der Waals surface area (Å²) in [4.78, 5) is 4.30. The van der Waals surface area contributed by atoms with Crippen molar-refractivity contribution in [2.45, 2.75) is 5.88 Å². The van der Waals surface area contributed by atoms with Crippen LogP contribution in [0.15, 0.2) is 45.3 Å². The van der Waals surface area contributed by atoms with E-state index in [0.29, 0.717) is 16.9 Å². The molecule has 20 heavy (non-hydrogen) atoms. The number of fused-ring (bicyclic) bond motifs is 1. The lowest BCUT2D eigenvalue weighted by Gasteiger charge is -2.12. The molecule has 0 saturated heterocycles. The van der Waals surface area contributed by atoms with Crippen LogP contribution in [-0.2, 0) is 5.88 Å². The van der Waals surface area contributed by atoms with Crippen molar-refractivity contribution in [3.05, 3.63) is 57.0 Å². The molecule has 0 spiro atoms. The van der Waals surface area contributed by atoms with Gasteiger partial charge in [0.1, 0.15) is 11.3 Å². The normalized spacial score (nSPS) is 11.2. The van der Waals surface area contributed by atoms with Gasteiger partial charge in [0, 0.05) is 8.95 Å². The second-order valence-electron chi connectivity index (χ2n) is 4.17. The van der Waals surface area contributed by atoms with Crippen molar-refractivity contribution in [1.29, 1.82) is 0 Å². The molecule has 1 aromatic heterocycles. The monoisotopic (exact) mass is 416 g/mol. The van der Waals surface area contributed by atoms with E-state index in [-0.39, 0.29) is 11.7 Å². The molecule has 2 aromatic carbocycles. The Bertz CT molecular complexity index is 781. The summed E-state index contributed by atoms with van der Waals surface area (Å²) in [5.41, 5.74) is 1.87. The van der Waals surface area contributed by atoms with Crippen molar-refractivity contribution in [2.75, 3.05) is 0 Å². The van der Waals surface area contributed by atoms with Crippen LogP contribution in [0.4, 0.5) is 4.39 Å². The number of aromatic nitrogens is 2. The minimum absolute atomic E-state index is 0.196. The smallest absolute Gasteiger partial charge is 0.151 e. The zero-order valence-corrected chi connectivity index (χ0v) is 14.0. The Morgan fingerprint density at radius 3 is 2.40 bits per heavy atom. The van der Waals surface area contributed by atoms with Crippen molar-refractivity contribution < 1.29 is 4.39 Å². The van der Waals surface area contributed by atoms with Crippen molar-refractivity contribution in [3.63, 3.8) is 0 Å². The van der Waals surface area contributed by atoms with Gasteiger partial charge in [0.05, 0.1) is 17.1 Å². The van der Waals surface area contributed by atoms with E-state index in [0.717, 1.165) is 14.6 Å². The second-order valence-corrected chi connectivity index (χ2v) is 6.15. The van der Waals surface area contributed by atoms with Gasteiger partial charge in [-0.15, -0.1) is 11.6 Å². The first-order chi connectivity index (χ1) is 9.63. The number of benzene rings is 2. The van der Waals surface area contributed by atoms with Gasteiger partial charge in [-0.25, -0.2) is 9.37 Å². The largest absolute Gasteiger partial charge is 0.293 e. The predicted octanol–water partition coefficient (Wildman–Crippen LogP) is 5.43. The topological polar surface area (TPSA) is 17.8 Å². The summed E-state index contributed by atoms with van der Waals surface area (Å²) in [5.74, 6) is 0.442. The van der Waals surface area contributed by atoms with Gasteiger partial charge in [0.15, 0.2) is 5.82 Å². The molecule has 0 amide bonds. The molecule has 3 rings (SSSR count). The molecule has 0 atom stereocenters. The molecule has 1 heterocycles. The van der Waals surface area contributed by atoms with Gasteiger partial charge in [0.25, 0.3) is 0 Å². The van der Waals surface area contributed by atoms with Gasteiger partial charge in [-0.2, -0.15) is 0 Å². The van der Waals surface area contributed by atoms with Crippen LogP contribution in [0.1, 0.15) is 5.82 Å². The molecular formula is C14H8Br2ClFN2. The van der Waals surface area contributed by atoms with Crippen LogP contribution in [-0.4, -0.2) is 9.55 Å². The lowest BCUT2D eigenvalue weighted by atomic mass is 10.2. The highest BCUT2D eigenvalue weighted by atomic mass is 79.9. The third-order valence-electron chi connectivity index (χ3n) is 2.99. The Hall–Kier alpha value is -0.910. The molecule has 0 unspecified atom stereocenters. The predicted molar refractivity (Wildman–Crippen MR) is 86.0 cm³/mol. The van der Waals surface area contributed by atoms with Gasteiger partial charge < -0.3 is 0 Å². The van der Waals surface area contributed by atoms with Crippen LogP contribution in [0.5, 0.6) is 0 Å². The van der Waals surface area contributed by atoms with E-state index in [1.807, 2.05) is 28.8 Å². The van der Waals surface area contributed by atoms with E-state index in [4.69, 9.17) is 11.6 Å². The summed E-state index contributed by atoms with van der Waals surface area (Å²) in [5, 5.41) is 0. The van der Waals surface area contributed by atoms with Gasteiger partial charge in [-0.1, -0.05) is 12.1 Å². The molecule has 0 saturated carbocycles. The maximum atomic E-state index is 13.9. The quantitative estimate of drug-likeness (QED) is 0.508. The third kappa shape index (κ3) is 2.18. The van der Waals surface area contributed by atoms with Crippen LogP contribution >= 0.6 is 43.5 Å². The van der Waals surface area contributed by atoms with Crippen LogP contribution in [0, 0.1) is 5.82 Å². The second kappa shape index (κ2) is 5.47. The highest BCUT2D eigenvalue weighted by molar-refractivity contribution is 9.11. The number of nitrogens with zero attached hydrogens (tertiary/aromatic N) is 2. The molecule has 102 valence electrons. The zero-order chi connectivity index (χ0) is 14.3. The highest BCUT2D eigenvalue weighted by Crippen LogP contribution is 2.33. The Morgan fingerprint density at radius 2 is 1.75 bits per heavy atom. The molecule has 0 aliphatic carbocycles. The molecule has 0 radical (unpaired) electrons. The third-order valence-corrected chi connectivity index (χ3v) is 4.50. The number of rotatable bonds is 2. The first kappa shape index (κ1) is 14.0. The number of hydrogen-bond donors (Lipinski definition) is 0.